The molecular weight excluding hydrogens is 442 g/mol. The topological polar surface area (TPSA) is 69.6 Å². The maximum atomic E-state index is 13.4. The number of carbonyl (C=O) groups excluding carboxylic acids is 1. The van der Waals surface area contributed by atoms with Crippen molar-refractivity contribution >= 4 is 51.1 Å². The molecule has 1 amide bonds. The van der Waals surface area contributed by atoms with Crippen molar-refractivity contribution in [2.24, 2.45) is 4.99 Å². The van der Waals surface area contributed by atoms with Crippen molar-refractivity contribution in [2.45, 2.75) is 13.1 Å². The minimum Gasteiger partial charge on any atom is -0.333 e. The Balaban J connectivity index is 1.51. The Hall–Kier alpha value is -4.10. The van der Waals surface area contributed by atoms with Crippen LogP contribution < -0.4 is 15.5 Å². The smallest absolute Gasteiger partial charge is 0.272 e. The number of thiocarbonyl (C=S) groups is 1. The van der Waals surface area contributed by atoms with E-state index in [9.17, 15) is 4.79 Å². The molecule has 0 saturated carbocycles. The van der Waals surface area contributed by atoms with E-state index < -0.39 is 6.17 Å². The van der Waals surface area contributed by atoms with Crippen LogP contribution in [0.2, 0.25) is 0 Å². The normalized spacial score (nSPS) is 15.4. The van der Waals surface area contributed by atoms with Crippen LogP contribution in [0.5, 0.6) is 0 Å². The summed E-state index contributed by atoms with van der Waals surface area (Å²) >= 11 is 5.60. The number of nitrogens with zero attached hydrogens (tertiary/aromatic N) is 3. The second-order valence-electron chi connectivity index (χ2n) is 8.16. The second kappa shape index (κ2) is 9.03. The Morgan fingerprint density at radius 3 is 2.68 bits per heavy atom. The van der Waals surface area contributed by atoms with Gasteiger partial charge in [0.15, 0.2) is 5.11 Å². The number of benzodiazepines with no additional fused rings is 1. The molecule has 1 aliphatic heterocycles. The Kier molecular flexibility index (Phi) is 5.77. The minimum absolute atomic E-state index is 0.192. The van der Waals surface area contributed by atoms with Gasteiger partial charge in [0.05, 0.1) is 11.4 Å². The zero-order chi connectivity index (χ0) is 23.7. The quantitative estimate of drug-likeness (QED) is 0.431. The first-order chi connectivity index (χ1) is 16.5. The number of hydrogen-bond acceptors (Lipinski definition) is 4. The number of fused-ring (bicyclic) bond motifs is 2. The molecule has 168 valence electrons. The number of carbonyl (C=O) groups is 1. The van der Waals surface area contributed by atoms with E-state index in [2.05, 4.69) is 21.7 Å². The van der Waals surface area contributed by atoms with Gasteiger partial charge in [0.25, 0.3) is 5.91 Å². The first kappa shape index (κ1) is 21.7. The van der Waals surface area contributed by atoms with Crippen LogP contribution in [0.3, 0.4) is 0 Å². The van der Waals surface area contributed by atoms with Gasteiger partial charge in [-0.25, -0.2) is 4.99 Å². The van der Waals surface area contributed by atoms with Crippen molar-refractivity contribution in [3.05, 3.63) is 102 Å². The van der Waals surface area contributed by atoms with E-state index >= 15 is 0 Å². The van der Waals surface area contributed by atoms with Crippen LogP contribution in [0.15, 0.2) is 90.2 Å². The summed E-state index contributed by atoms with van der Waals surface area (Å²) in [4.78, 5) is 24.1. The Morgan fingerprint density at radius 1 is 1.03 bits per heavy atom. The Labute approximate surface area is 203 Å². The summed E-state index contributed by atoms with van der Waals surface area (Å²) in [6, 6.07) is 23.7. The molecule has 2 heterocycles. The van der Waals surface area contributed by atoms with E-state index in [0.29, 0.717) is 5.11 Å². The molecule has 1 unspecified atom stereocenters. The Bertz CT molecular complexity index is 1430. The Morgan fingerprint density at radius 2 is 1.85 bits per heavy atom. The number of benzene rings is 3. The second-order valence-corrected chi connectivity index (χ2v) is 8.57. The standard InChI is InChI=1S/C27H23N5OS/c1-17-11-12-23-21(15-17)24(18-7-4-3-5-8-18)30-25(26(33)32(23)2)31-27(34)29-22-10-6-9-19-16-28-14-13-20(19)22/h3-16,25H,1-2H3,(H2,29,31,34). The summed E-state index contributed by atoms with van der Waals surface area (Å²) in [5.74, 6) is -0.192. The van der Waals surface area contributed by atoms with E-state index in [1.165, 1.54) is 0 Å². The van der Waals surface area contributed by atoms with Gasteiger partial charge in [-0.1, -0.05) is 54.1 Å². The van der Waals surface area contributed by atoms with Crippen molar-refractivity contribution in [3.8, 4) is 0 Å². The third-order valence-corrected chi connectivity index (χ3v) is 6.06. The molecule has 0 radical (unpaired) electrons. The van der Waals surface area contributed by atoms with Gasteiger partial charge < -0.3 is 15.5 Å². The summed E-state index contributed by atoms with van der Waals surface area (Å²) in [5, 5.41) is 8.65. The van der Waals surface area contributed by atoms with Gasteiger partial charge >= 0.3 is 0 Å². The van der Waals surface area contributed by atoms with E-state index in [-0.39, 0.29) is 5.91 Å². The number of anilines is 2. The van der Waals surface area contributed by atoms with Gasteiger partial charge in [0.2, 0.25) is 6.17 Å². The molecule has 0 fully saturated rings. The number of nitrogens with one attached hydrogen (secondary N) is 2. The van der Waals surface area contributed by atoms with Crippen LogP contribution in [0.25, 0.3) is 10.8 Å². The highest BCUT2D eigenvalue weighted by Crippen LogP contribution is 2.28. The zero-order valence-corrected chi connectivity index (χ0v) is 19.6. The van der Waals surface area contributed by atoms with Crippen LogP contribution in [0.1, 0.15) is 16.7 Å². The summed E-state index contributed by atoms with van der Waals surface area (Å²) in [7, 11) is 1.77. The summed E-state index contributed by atoms with van der Waals surface area (Å²) in [6.45, 7) is 2.03. The molecule has 6 nitrogen and oxygen atoms in total. The number of hydrogen-bond donors (Lipinski definition) is 2. The largest absolute Gasteiger partial charge is 0.333 e. The lowest BCUT2D eigenvalue weighted by molar-refractivity contribution is -0.119. The molecule has 5 rings (SSSR count). The number of aliphatic imine (C=N–C) groups is 1. The van der Waals surface area contributed by atoms with Crippen molar-refractivity contribution in [2.75, 3.05) is 17.3 Å². The number of aryl methyl sites for hydroxylation is 1. The van der Waals surface area contributed by atoms with Gasteiger partial charge in [0, 0.05) is 47.0 Å². The third kappa shape index (κ3) is 4.13. The monoisotopic (exact) mass is 465 g/mol. The fourth-order valence-electron chi connectivity index (χ4n) is 4.12. The lowest BCUT2D eigenvalue weighted by atomic mass is 9.98. The number of rotatable bonds is 3. The number of likely N-dealkylation sites (N-methyl/N-ethyl adjacent to an activating group) is 1. The molecule has 4 aromatic rings. The minimum atomic E-state index is -0.885. The highest BCUT2D eigenvalue weighted by molar-refractivity contribution is 7.80. The van der Waals surface area contributed by atoms with Crippen molar-refractivity contribution in [1.29, 1.82) is 0 Å². The first-order valence-electron chi connectivity index (χ1n) is 10.9. The molecule has 7 heteroatoms. The summed E-state index contributed by atoms with van der Waals surface area (Å²) < 4.78 is 0. The fourth-order valence-corrected chi connectivity index (χ4v) is 4.34. The molecule has 1 atom stereocenters. The zero-order valence-electron chi connectivity index (χ0n) is 18.8. The van der Waals surface area contributed by atoms with Crippen LogP contribution in [0.4, 0.5) is 11.4 Å². The third-order valence-electron chi connectivity index (χ3n) is 5.84. The summed E-state index contributed by atoms with van der Waals surface area (Å²) in [6.07, 6.45) is 2.66. The predicted octanol–water partition coefficient (Wildman–Crippen LogP) is 4.67. The number of amides is 1. The molecule has 2 N–H and O–H groups in total. The van der Waals surface area contributed by atoms with E-state index in [0.717, 1.165) is 44.5 Å². The maximum Gasteiger partial charge on any atom is 0.272 e. The number of aromatic nitrogens is 1. The molecule has 34 heavy (non-hydrogen) atoms. The highest BCUT2D eigenvalue weighted by atomic mass is 32.1. The SMILES string of the molecule is Cc1ccc2c(c1)C(c1ccccc1)=NC(NC(=S)Nc1cccc3cnccc13)C(=O)N2C. The molecule has 1 aliphatic rings. The average molecular weight is 466 g/mol. The van der Waals surface area contributed by atoms with E-state index in [1.54, 1.807) is 24.3 Å². The average Bonchev–Trinajstić information content (AvgIpc) is 2.95. The van der Waals surface area contributed by atoms with Gasteiger partial charge in [-0.05, 0) is 43.4 Å². The fraction of sp³-hybridized carbons (Fsp3) is 0.111. The highest BCUT2D eigenvalue weighted by Gasteiger charge is 2.30. The van der Waals surface area contributed by atoms with E-state index in [4.69, 9.17) is 17.2 Å². The molecule has 0 saturated heterocycles. The lowest BCUT2D eigenvalue weighted by Crippen LogP contribution is -2.47. The van der Waals surface area contributed by atoms with Crippen LogP contribution in [-0.4, -0.2) is 34.9 Å². The van der Waals surface area contributed by atoms with Crippen molar-refractivity contribution in [1.82, 2.24) is 10.3 Å². The van der Waals surface area contributed by atoms with Gasteiger partial charge in [-0.2, -0.15) is 0 Å². The molecular formula is C27H23N5OS. The van der Waals surface area contributed by atoms with Gasteiger partial charge in [-0.3, -0.25) is 9.78 Å². The van der Waals surface area contributed by atoms with Crippen LogP contribution >= 0.6 is 12.2 Å². The number of pyridine rings is 1. The van der Waals surface area contributed by atoms with Crippen LogP contribution in [-0.2, 0) is 4.79 Å². The molecule has 1 aromatic heterocycles. The van der Waals surface area contributed by atoms with Crippen LogP contribution in [0, 0.1) is 6.92 Å². The van der Waals surface area contributed by atoms with Gasteiger partial charge in [-0.15, -0.1) is 0 Å². The molecule has 0 spiro atoms. The lowest BCUT2D eigenvalue weighted by Gasteiger charge is -2.22. The van der Waals surface area contributed by atoms with E-state index in [1.807, 2.05) is 73.7 Å². The van der Waals surface area contributed by atoms with Gasteiger partial charge in [0.1, 0.15) is 0 Å². The molecule has 3 aromatic carbocycles. The maximum absolute atomic E-state index is 13.4. The molecule has 0 bridgehead atoms. The molecule has 0 aliphatic carbocycles. The van der Waals surface area contributed by atoms with Crippen molar-refractivity contribution < 1.29 is 4.79 Å². The summed E-state index contributed by atoms with van der Waals surface area (Å²) in [5.41, 5.74) is 5.32. The predicted molar refractivity (Wildman–Crippen MR) is 142 cm³/mol. The first-order valence-corrected chi connectivity index (χ1v) is 11.3. The van der Waals surface area contributed by atoms with Crippen molar-refractivity contribution in [3.63, 3.8) is 0 Å².